The summed E-state index contributed by atoms with van der Waals surface area (Å²) in [5.74, 6) is 3.89. The lowest BCUT2D eigenvalue weighted by molar-refractivity contribution is 0.456. The summed E-state index contributed by atoms with van der Waals surface area (Å²) in [6.45, 7) is 0. The molecule has 4 atom stereocenters. The van der Waals surface area contributed by atoms with E-state index in [2.05, 4.69) is 17.5 Å². The second-order valence-corrected chi connectivity index (χ2v) is 5.85. The lowest BCUT2D eigenvalue weighted by Gasteiger charge is -2.11. The second kappa shape index (κ2) is 3.26. The maximum atomic E-state index is 8.89. The molecular weight excluding hydrogens is 208 g/mol. The first kappa shape index (κ1) is 9.53. The zero-order chi connectivity index (χ0) is 11.4. The van der Waals surface area contributed by atoms with Gasteiger partial charge < -0.3 is 5.32 Å². The highest BCUT2D eigenvalue weighted by Gasteiger charge is 2.64. The van der Waals surface area contributed by atoms with Gasteiger partial charge in [0.1, 0.15) is 0 Å². The Morgan fingerprint density at radius 1 is 1.18 bits per heavy atom. The third kappa shape index (κ3) is 1.32. The van der Waals surface area contributed by atoms with Crippen LogP contribution >= 0.6 is 0 Å². The van der Waals surface area contributed by atoms with E-state index in [9.17, 15) is 0 Å². The number of hydrogen-bond acceptors (Lipinski definition) is 2. The normalized spacial score (nSPS) is 40.8. The molecule has 0 heterocycles. The summed E-state index contributed by atoms with van der Waals surface area (Å²) in [4.78, 5) is 0. The summed E-state index contributed by atoms with van der Waals surface area (Å²) in [7, 11) is 0. The van der Waals surface area contributed by atoms with Gasteiger partial charge in [0.25, 0.3) is 0 Å². The third-order valence-electron chi connectivity index (χ3n) is 5.06. The van der Waals surface area contributed by atoms with E-state index >= 15 is 0 Å². The molecule has 3 aliphatic carbocycles. The Kier molecular flexibility index (Phi) is 1.83. The van der Waals surface area contributed by atoms with Crippen molar-refractivity contribution in [2.45, 2.75) is 25.3 Å². The lowest BCUT2D eigenvalue weighted by Crippen LogP contribution is -2.12. The first-order chi connectivity index (χ1) is 8.36. The molecule has 0 spiro atoms. The molecule has 3 saturated carbocycles. The number of rotatable bonds is 2. The van der Waals surface area contributed by atoms with Crippen LogP contribution in [0.2, 0.25) is 0 Å². The van der Waals surface area contributed by atoms with Crippen LogP contribution in [-0.4, -0.2) is 6.04 Å². The predicted molar refractivity (Wildman–Crippen MR) is 66.4 cm³/mol. The van der Waals surface area contributed by atoms with Crippen LogP contribution in [0, 0.1) is 35.0 Å². The van der Waals surface area contributed by atoms with Gasteiger partial charge in [-0.05, 0) is 61.1 Å². The fourth-order valence-corrected chi connectivity index (χ4v) is 4.39. The molecule has 1 aromatic carbocycles. The van der Waals surface area contributed by atoms with Crippen LogP contribution in [0.5, 0.6) is 0 Å². The van der Waals surface area contributed by atoms with E-state index in [0.717, 1.165) is 34.9 Å². The van der Waals surface area contributed by atoms with E-state index in [0.29, 0.717) is 6.04 Å². The first-order valence-electron chi connectivity index (χ1n) is 6.63. The summed E-state index contributed by atoms with van der Waals surface area (Å²) < 4.78 is 0. The second-order valence-electron chi connectivity index (χ2n) is 5.85. The molecule has 2 bridgehead atoms. The van der Waals surface area contributed by atoms with Gasteiger partial charge >= 0.3 is 0 Å². The minimum Gasteiger partial charge on any atom is -0.382 e. The maximum absolute atomic E-state index is 8.89. The van der Waals surface area contributed by atoms with Crippen LogP contribution in [0.1, 0.15) is 24.8 Å². The molecule has 0 radical (unpaired) electrons. The fourth-order valence-electron chi connectivity index (χ4n) is 4.39. The molecule has 0 aromatic heterocycles. The van der Waals surface area contributed by atoms with Gasteiger partial charge in [-0.25, -0.2) is 0 Å². The molecule has 0 amide bonds. The van der Waals surface area contributed by atoms with Crippen LogP contribution in [0.3, 0.4) is 0 Å². The Bertz CT molecular complexity index is 486. The lowest BCUT2D eigenvalue weighted by atomic mass is 10.0. The van der Waals surface area contributed by atoms with Gasteiger partial charge in [-0.3, -0.25) is 0 Å². The zero-order valence-corrected chi connectivity index (χ0v) is 9.76. The molecule has 3 aliphatic rings. The van der Waals surface area contributed by atoms with Crippen LogP contribution in [-0.2, 0) is 0 Å². The van der Waals surface area contributed by atoms with Gasteiger partial charge in [0.15, 0.2) is 0 Å². The van der Waals surface area contributed by atoms with Gasteiger partial charge in [0.05, 0.1) is 11.6 Å². The Balaban J connectivity index is 1.51. The summed E-state index contributed by atoms with van der Waals surface area (Å²) in [5.41, 5.74) is 1.88. The van der Waals surface area contributed by atoms with Crippen molar-refractivity contribution in [3.05, 3.63) is 29.8 Å². The number of nitrogens with one attached hydrogen (secondary N) is 1. The summed E-state index contributed by atoms with van der Waals surface area (Å²) >= 11 is 0. The minimum atomic E-state index is 0.704. The molecule has 1 aromatic rings. The number of nitrogens with zero attached hydrogens (tertiary/aromatic N) is 1. The van der Waals surface area contributed by atoms with Crippen molar-refractivity contribution < 1.29 is 0 Å². The SMILES string of the molecule is N#Cc1cccc(NC2C3C4CCC(C4)C23)c1. The van der Waals surface area contributed by atoms with Crippen molar-refractivity contribution in [2.24, 2.45) is 23.7 Å². The van der Waals surface area contributed by atoms with Crippen LogP contribution in [0.25, 0.3) is 0 Å². The van der Waals surface area contributed by atoms with E-state index < -0.39 is 0 Å². The number of fused-ring (bicyclic) bond motifs is 5. The first-order valence-corrected chi connectivity index (χ1v) is 6.63. The van der Waals surface area contributed by atoms with Crippen molar-refractivity contribution in [3.63, 3.8) is 0 Å². The average Bonchev–Trinajstić information content (AvgIpc) is 2.76. The Morgan fingerprint density at radius 2 is 1.94 bits per heavy atom. The molecule has 1 N–H and O–H groups in total. The van der Waals surface area contributed by atoms with Crippen molar-refractivity contribution in [1.29, 1.82) is 5.26 Å². The molecule has 2 heteroatoms. The number of benzene rings is 1. The highest BCUT2D eigenvalue weighted by Crippen LogP contribution is 2.66. The Morgan fingerprint density at radius 3 is 2.65 bits per heavy atom. The van der Waals surface area contributed by atoms with E-state index in [1.165, 1.54) is 19.3 Å². The fraction of sp³-hybridized carbons (Fsp3) is 0.533. The van der Waals surface area contributed by atoms with Crippen molar-refractivity contribution in [3.8, 4) is 6.07 Å². The standard InChI is InChI=1S/C15H16N2/c16-8-9-2-1-3-12(6-9)17-15-13-10-4-5-11(7-10)14(13)15/h1-3,6,10-11,13-15,17H,4-5,7H2. The van der Waals surface area contributed by atoms with Crippen molar-refractivity contribution in [1.82, 2.24) is 0 Å². The quantitative estimate of drug-likeness (QED) is 0.838. The van der Waals surface area contributed by atoms with E-state index in [-0.39, 0.29) is 0 Å². The van der Waals surface area contributed by atoms with Crippen molar-refractivity contribution >= 4 is 5.69 Å². The molecule has 3 fully saturated rings. The van der Waals surface area contributed by atoms with Crippen LogP contribution < -0.4 is 5.32 Å². The number of anilines is 1. The largest absolute Gasteiger partial charge is 0.382 e. The molecule has 2 nitrogen and oxygen atoms in total. The molecule has 4 unspecified atom stereocenters. The van der Waals surface area contributed by atoms with E-state index in [1.54, 1.807) is 0 Å². The molecule has 0 aliphatic heterocycles. The smallest absolute Gasteiger partial charge is 0.0992 e. The van der Waals surface area contributed by atoms with Gasteiger partial charge in [-0.2, -0.15) is 5.26 Å². The van der Waals surface area contributed by atoms with Gasteiger partial charge in [0.2, 0.25) is 0 Å². The highest BCUT2D eigenvalue weighted by molar-refractivity contribution is 5.51. The molecular formula is C15H16N2. The summed E-state index contributed by atoms with van der Waals surface area (Å²) in [6.07, 6.45) is 4.41. The monoisotopic (exact) mass is 224 g/mol. The Labute approximate surface area is 102 Å². The molecule has 4 rings (SSSR count). The third-order valence-corrected chi connectivity index (χ3v) is 5.06. The maximum Gasteiger partial charge on any atom is 0.0992 e. The van der Waals surface area contributed by atoms with E-state index in [1.807, 2.05) is 18.2 Å². The van der Waals surface area contributed by atoms with Gasteiger partial charge in [-0.15, -0.1) is 0 Å². The molecule has 86 valence electrons. The van der Waals surface area contributed by atoms with Gasteiger partial charge in [0, 0.05) is 11.7 Å². The Hall–Kier alpha value is -1.49. The van der Waals surface area contributed by atoms with Gasteiger partial charge in [-0.1, -0.05) is 6.07 Å². The zero-order valence-electron chi connectivity index (χ0n) is 9.76. The number of hydrogen-bond donors (Lipinski definition) is 1. The summed E-state index contributed by atoms with van der Waals surface area (Å²) in [6, 6.07) is 10.8. The topological polar surface area (TPSA) is 35.8 Å². The van der Waals surface area contributed by atoms with Crippen LogP contribution in [0.15, 0.2) is 24.3 Å². The van der Waals surface area contributed by atoms with Crippen molar-refractivity contribution in [2.75, 3.05) is 5.32 Å². The minimum absolute atomic E-state index is 0.704. The summed E-state index contributed by atoms with van der Waals surface area (Å²) in [5, 5.41) is 12.5. The van der Waals surface area contributed by atoms with Crippen LogP contribution in [0.4, 0.5) is 5.69 Å². The van der Waals surface area contributed by atoms with E-state index in [4.69, 9.17) is 5.26 Å². The number of nitriles is 1. The molecule has 0 saturated heterocycles. The average molecular weight is 224 g/mol. The molecule has 17 heavy (non-hydrogen) atoms. The highest BCUT2D eigenvalue weighted by atomic mass is 15.0. The predicted octanol–water partition coefficient (Wildman–Crippen LogP) is 3.01.